The number of hydrogen-bond donors (Lipinski definition) is 1. The lowest BCUT2D eigenvalue weighted by Crippen LogP contribution is -2.53. The Bertz CT molecular complexity index is 1400. The zero-order valence-electron chi connectivity index (χ0n) is 22.8. The fraction of sp³-hybridized carbons (Fsp3) is 0.258. The second-order valence-corrected chi connectivity index (χ2v) is 8.96. The lowest BCUT2D eigenvalue weighted by molar-refractivity contribution is -0.130. The van der Waals surface area contributed by atoms with Gasteiger partial charge in [-0.15, -0.1) is 0 Å². The molecule has 1 N–H and O–H groups in total. The number of methoxy groups -OCH3 is 1. The van der Waals surface area contributed by atoms with Crippen molar-refractivity contribution in [3.05, 3.63) is 89.0 Å². The number of hydrogen-bond acceptors (Lipinski definition) is 7. The molecule has 0 aliphatic carbocycles. The number of carbonyl (C=O) groups is 3. The van der Waals surface area contributed by atoms with Crippen molar-refractivity contribution in [3.8, 4) is 23.0 Å². The smallest absolute Gasteiger partial charge is 0.331 e. The van der Waals surface area contributed by atoms with E-state index in [1.807, 2.05) is 44.2 Å². The van der Waals surface area contributed by atoms with E-state index in [4.69, 9.17) is 18.9 Å². The molecule has 0 radical (unpaired) electrons. The Morgan fingerprint density at radius 3 is 2.27 bits per heavy atom. The first-order valence-electron chi connectivity index (χ1n) is 13.1. The van der Waals surface area contributed by atoms with Gasteiger partial charge in [0.1, 0.15) is 12.2 Å². The molecule has 3 aromatic carbocycles. The van der Waals surface area contributed by atoms with Crippen molar-refractivity contribution in [2.24, 2.45) is 0 Å². The van der Waals surface area contributed by atoms with Gasteiger partial charge in [0.25, 0.3) is 11.8 Å². The molecule has 0 aromatic heterocycles. The number of amides is 4. The van der Waals surface area contributed by atoms with Crippen LogP contribution in [0.1, 0.15) is 37.0 Å². The summed E-state index contributed by atoms with van der Waals surface area (Å²) in [6.07, 6.45) is 2.27. The summed E-state index contributed by atoms with van der Waals surface area (Å²) in [5.74, 6) is 0.584. The van der Waals surface area contributed by atoms with Crippen molar-refractivity contribution in [3.63, 3.8) is 0 Å². The first-order chi connectivity index (χ1) is 19.4. The highest BCUT2D eigenvalue weighted by Crippen LogP contribution is 2.31. The Morgan fingerprint density at radius 2 is 1.55 bits per heavy atom. The van der Waals surface area contributed by atoms with Crippen LogP contribution < -0.4 is 24.3 Å². The van der Waals surface area contributed by atoms with Gasteiger partial charge >= 0.3 is 6.03 Å². The normalized spacial score (nSPS) is 14.2. The molecular weight excluding hydrogens is 512 g/mol. The van der Waals surface area contributed by atoms with Crippen molar-refractivity contribution in [2.45, 2.75) is 33.4 Å². The summed E-state index contributed by atoms with van der Waals surface area (Å²) in [5, 5.41) is 2.25. The molecule has 0 spiro atoms. The first-order valence-corrected chi connectivity index (χ1v) is 13.1. The molecule has 40 heavy (non-hydrogen) atoms. The molecule has 1 aliphatic heterocycles. The number of barbiturate groups is 1. The molecule has 4 amide bonds. The summed E-state index contributed by atoms with van der Waals surface area (Å²) in [5.41, 5.74) is 2.01. The Hall–Kier alpha value is -4.79. The van der Waals surface area contributed by atoms with E-state index in [0.717, 1.165) is 16.9 Å². The maximum Gasteiger partial charge on any atom is 0.331 e. The number of benzene rings is 3. The maximum absolute atomic E-state index is 13.3. The largest absolute Gasteiger partial charge is 0.493 e. The average Bonchev–Trinajstić information content (AvgIpc) is 2.97. The highest BCUT2D eigenvalue weighted by atomic mass is 16.5. The van der Waals surface area contributed by atoms with E-state index in [9.17, 15) is 14.4 Å². The van der Waals surface area contributed by atoms with Crippen LogP contribution in [0.2, 0.25) is 0 Å². The molecule has 0 atom stereocenters. The van der Waals surface area contributed by atoms with Gasteiger partial charge in [0.2, 0.25) is 0 Å². The quantitative estimate of drug-likeness (QED) is 0.249. The van der Waals surface area contributed by atoms with Crippen LogP contribution in [0.25, 0.3) is 6.08 Å². The van der Waals surface area contributed by atoms with Crippen LogP contribution in [0.15, 0.2) is 72.3 Å². The fourth-order valence-electron chi connectivity index (χ4n) is 4.07. The number of nitrogens with one attached hydrogen (secondary N) is 1. The third-order valence-corrected chi connectivity index (χ3v) is 6.03. The second-order valence-electron chi connectivity index (χ2n) is 8.96. The predicted octanol–water partition coefficient (Wildman–Crippen LogP) is 5.12. The lowest BCUT2D eigenvalue weighted by atomic mass is 10.1. The van der Waals surface area contributed by atoms with Crippen LogP contribution in [0.3, 0.4) is 0 Å². The molecule has 3 aromatic rings. The minimum absolute atomic E-state index is 0.0565. The van der Waals surface area contributed by atoms with Crippen LogP contribution in [-0.2, 0) is 22.7 Å². The number of carbonyl (C=O) groups excluding carboxylic acids is 3. The zero-order chi connectivity index (χ0) is 28.5. The molecule has 1 aliphatic rings. The van der Waals surface area contributed by atoms with Gasteiger partial charge in [0, 0.05) is 0 Å². The van der Waals surface area contributed by atoms with Crippen LogP contribution >= 0.6 is 0 Å². The topological polar surface area (TPSA) is 103 Å². The Balaban J connectivity index is 1.54. The van der Waals surface area contributed by atoms with E-state index < -0.39 is 17.8 Å². The molecular formula is C31H32N2O7. The van der Waals surface area contributed by atoms with E-state index in [0.29, 0.717) is 53.9 Å². The maximum atomic E-state index is 13.3. The van der Waals surface area contributed by atoms with Crippen LogP contribution in [0, 0.1) is 0 Å². The lowest BCUT2D eigenvalue weighted by Gasteiger charge is -2.26. The van der Waals surface area contributed by atoms with E-state index >= 15 is 0 Å². The van der Waals surface area contributed by atoms with E-state index in [1.165, 1.54) is 13.2 Å². The van der Waals surface area contributed by atoms with Gasteiger partial charge in [-0.05, 0) is 60.4 Å². The van der Waals surface area contributed by atoms with Gasteiger partial charge in [0.05, 0.1) is 26.9 Å². The standard InChI is InChI=1S/C31H32N2O7/c1-4-15-39-26-14-12-23(18-28(26)38-5-2)19-33-30(35)24(29(34)32-31(33)36)16-22-11-13-25(27(17-22)37-3)40-20-21-9-7-6-8-10-21/h6-14,16-18H,4-5,15,19-20H2,1-3H3,(H,32,34,36)/b24-16+. The van der Waals surface area contributed by atoms with Crippen molar-refractivity contribution in [1.29, 1.82) is 0 Å². The van der Waals surface area contributed by atoms with Gasteiger partial charge in [-0.25, -0.2) is 4.79 Å². The van der Waals surface area contributed by atoms with Crippen molar-refractivity contribution >= 4 is 23.9 Å². The second kappa shape index (κ2) is 13.3. The molecule has 9 nitrogen and oxygen atoms in total. The van der Waals surface area contributed by atoms with Crippen molar-refractivity contribution in [2.75, 3.05) is 20.3 Å². The monoisotopic (exact) mass is 544 g/mol. The summed E-state index contributed by atoms with van der Waals surface area (Å²) < 4.78 is 22.8. The summed E-state index contributed by atoms with van der Waals surface area (Å²) in [6, 6.07) is 19.2. The Kier molecular flexibility index (Phi) is 9.40. The molecule has 0 saturated carbocycles. The Labute approximate surface area is 233 Å². The highest BCUT2D eigenvalue weighted by Gasteiger charge is 2.36. The average molecular weight is 545 g/mol. The predicted molar refractivity (Wildman–Crippen MR) is 149 cm³/mol. The molecule has 0 bridgehead atoms. The zero-order valence-corrected chi connectivity index (χ0v) is 22.8. The number of rotatable bonds is 12. The fourth-order valence-corrected chi connectivity index (χ4v) is 4.07. The first kappa shape index (κ1) is 28.2. The van der Waals surface area contributed by atoms with Crippen LogP contribution in [0.5, 0.6) is 23.0 Å². The molecule has 0 unspecified atom stereocenters. The van der Waals surface area contributed by atoms with Crippen LogP contribution in [0.4, 0.5) is 4.79 Å². The molecule has 1 fully saturated rings. The highest BCUT2D eigenvalue weighted by molar-refractivity contribution is 6.30. The molecule has 1 saturated heterocycles. The van der Waals surface area contributed by atoms with Crippen molar-refractivity contribution < 1.29 is 33.3 Å². The summed E-state index contributed by atoms with van der Waals surface area (Å²) in [7, 11) is 1.51. The van der Waals surface area contributed by atoms with Crippen LogP contribution in [-0.4, -0.2) is 43.1 Å². The van der Waals surface area contributed by atoms with Gasteiger partial charge in [-0.1, -0.05) is 49.4 Å². The Morgan fingerprint density at radius 1 is 0.800 bits per heavy atom. The molecule has 4 rings (SSSR count). The minimum Gasteiger partial charge on any atom is -0.493 e. The summed E-state index contributed by atoms with van der Waals surface area (Å²) in [4.78, 5) is 39.6. The number of imide groups is 2. The van der Waals surface area contributed by atoms with Gasteiger partial charge in [-0.3, -0.25) is 19.8 Å². The SMILES string of the molecule is CCCOc1ccc(CN2C(=O)NC(=O)/C(=C\c3ccc(OCc4ccccc4)c(OC)c3)C2=O)cc1OCC. The third kappa shape index (κ3) is 6.79. The molecule has 1 heterocycles. The third-order valence-electron chi connectivity index (χ3n) is 6.03. The van der Waals surface area contributed by atoms with Crippen molar-refractivity contribution in [1.82, 2.24) is 10.2 Å². The molecule has 208 valence electrons. The van der Waals surface area contributed by atoms with Gasteiger partial charge < -0.3 is 18.9 Å². The summed E-state index contributed by atoms with van der Waals surface area (Å²) in [6.45, 7) is 5.12. The molecule has 9 heteroatoms. The minimum atomic E-state index is -0.793. The van der Waals surface area contributed by atoms with Gasteiger partial charge in [-0.2, -0.15) is 0 Å². The van der Waals surface area contributed by atoms with Gasteiger partial charge in [0.15, 0.2) is 23.0 Å². The number of urea groups is 1. The number of nitrogens with zero attached hydrogens (tertiary/aromatic N) is 1. The van der Waals surface area contributed by atoms with E-state index in [2.05, 4.69) is 5.32 Å². The number of ether oxygens (including phenoxy) is 4. The van der Waals surface area contributed by atoms with E-state index in [-0.39, 0.29) is 12.1 Å². The summed E-state index contributed by atoms with van der Waals surface area (Å²) >= 11 is 0. The van der Waals surface area contributed by atoms with E-state index in [1.54, 1.807) is 36.4 Å².